The van der Waals surface area contributed by atoms with Crippen molar-refractivity contribution in [1.82, 2.24) is 0 Å². The molecule has 0 aromatic rings. The first kappa shape index (κ1) is 17.0. The number of aliphatic hydroxyl groups is 1. The van der Waals surface area contributed by atoms with Gasteiger partial charge in [-0.3, -0.25) is 9.59 Å². The van der Waals surface area contributed by atoms with Gasteiger partial charge in [0.05, 0.1) is 18.8 Å². The molecular formula is C15H26O5. The molecule has 116 valence electrons. The summed E-state index contributed by atoms with van der Waals surface area (Å²) in [5.74, 6) is -2.65. The van der Waals surface area contributed by atoms with Crippen LogP contribution in [-0.2, 0) is 19.1 Å². The van der Waals surface area contributed by atoms with Gasteiger partial charge in [0.15, 0.2) is 5.92 Å². The van der Waals surface area contributed by atoms with Crippen LogP contribution >= 0.6 is 0 Å². The number of hydrogen-bond donors (Lipinski definition) is 1. The van der Waals surface area contributed by atoms with E-state index in [0.717, 1.165) is 19.3 Å². The number of carbonyl (C=O) groups is 2. The van der Waals surface area contributed by atoms with Gasteiger partial charge in [-0.1, -0.05) is 26.7 Å². The standard InChI is InChI=1S/C15H26O5/c1-5-19-12(16)11(13(17)20-6-2)15(18)10-8-7-9-14(15,3)4/h11,18H,5-10H2,1-4H3. The lowest BCUT2D eigenvalue weighted by Gasteiger charge is -2.48. The van der Waals surface area contributed by atoms with Crippen molar-refractivity contribution >= 4 is 11.9 Å². The molecule has 0 amide bonds. The zero-order chi connectivity index (χ0) is 15.4. The zero-order valence-electron chi connectivity index (χ0n) is 12.9. The molecule has 5 nitrogen and oxygen atoms in total. The number of ether oxygens (including phenoxy) is 2. The quantitative estimate of drug-likeness (QED) is 0.618. The Morgan fingerprint density at radius 2 is 1.50 bits per heavy atom. The van der Waals surface area contributed by atoms with Gasteiger partial charge in [-0.25, -0.2) is 0 Å². The first-order valence-corrected chi connectivity index (χ1v) is 7.35. The zero-order valence-corrected chi connectivity index (χ0v) is 12.9. The summed E-state index contributed by atoms with van der Waals surface area (Å²) >= 11 is 0. The summed E-state index contributed by atoms with van der Waals surface area (Å²) in [6.45, 7) is 7.47. The van der Waals surface area contributed by atoms with Gasteiger partial charge in [-0.15, -0.1) is 0 Å². The highest BCUT2D eigenvalue weighted by Gasteiger charge is 2.57. The number of hydrogen-bond acceptors (Lipinski definition) is 5. The first-order valence-electron chi connectivity index (χ1n) is 7.35. The van der Waals surface area contributed by atoms with E-state index in [2.05, 4.69) is 0 Å². The van der Waals surface area contributed by atoms with Crippen LogP contribution in [0.4, 0.5) is 0 Å². The van der Waals surface area contributed by atoms with Crippen LogP contribution in [0.15, 0.2) is 0 Å². The van der Waals surface area contributed by atoms with Crippen LogP contribution in [0.2, 0.25) is 0 Å². The Morgan fingerprint density at radius 3 is 1.90 bits per heavy atom. The monoisotopic (exact) mass is 286 g/mol. The molecule has 1 unspecified atom stereocenters. The minimum atomic E-state index is -1.41. The van der Waals surface area contributed by atoms with Gasteiger partial charge < -0.3 is 14.6 Å². The number of rotatable bonds is 5. The lowest BCUT2D eigenvalue weighted by molar-refractivity contribution is -0.193. The predicted molar refractivity (Wildman–Crippen MR) is 74.0 cm³/mol. The Bertz CT molecular complexity index is 345. The Balaban J connectivity index is 3.13. The molecule has 1 aliphatic rings. The van der Waals surface area contributed by atoms with E-state index < -0.39 is 28.9 Å². The van der Waals surface area contributed by atoms with Crippen LogP contribution in [0, 0.1) is 11.3 Å². The Kier molecular flexibility index (Phi) is 5.57. The minimum Gasteiger partial charge on any atom is -0.465 e. The Labute approximate surface area is 120 Å². The van der Waals surface area contributed by atoms with Gasteiger partial charge in [-0.05, 0) is 32.1 Å². The van der Waals surface area contributed by atoms with E-state index in [9.17, 15) is 14.7 Å². The maximum atomic E-state index is 12.2. The Hall–Kier alpha value is -1.10. The molecule has 0 aliphatic heterocycles. The van der Waals surface area contributed by atoms with Crippen LogP contribution in [0.1, 0.15) is 53.4 Å². The molecule has 0 bridgehead atoms. The van der Waals surface area contributed by atoms with Crippen molar-refractivity contribution in [1.29, 1.82) is 0 Å². The normalized spacial score (nSPS) is 25.3. The van der Waals surface area contributed by atoms with Crippen molar-refractivity contribution in [3.05, 3.63) is 0 Å². The average Bonchev–Trinajstić information content (AvgIpc) is 2.34. The van der Waals surface area contributed by atoms with E-state index in [1.165, 1.54) is 0 Å². The SMILES string of the molecule is CCOC(=O)C(C(=O)OCC)C1(O)CCCCC1(C)C. The molecule has 0 aromatic heterocycles. The molecule has 0 heterocycles. The summed E-state index contributed by atoms with van der Waals surface area (Å²) in [5, 5.41) is 11.1. The lowest BCUT2D eigenvalue weighted by atomic mass is 9.60. The second-order valence-corrected chi connectivity index (χ2v) is 5.95. The van der Waals surface area contributed by atoms with Crippen molar-refractivity contribution in [2.24, 2.45) is 11.3 Å². The van der Waals surface area contributed by atoms with Crippen molar-refractivity contribution in [2.75, 3.05) is 13.2 Å². The number of esters is 2. The maximum Gasteiger partial charge on any atom is 0.323 e. The van der Waals surface area contributed by atoms with Crippen LogP contribution in [-0.4, -0.2) is 35.9 Å². The fourth-order valence-electron chi connectivity index (χ4n) is 2.99. The molecular weight excluding hydrogens is 260 g/mol. The van der Waals surface area contributed by atoms with E-state index in [0.29, 0.717) is 6.42 Å². The van der Waals surface area contributed by atoms with E-state index in [4.69, 9.17) is 9.47 Å². The topological polar surface area (TPSA) is 72.8 Å². The highest BCUT2D eigenvalue weighted by molar-refractivity contribution is 5.96. The molecule has 1 atom stereocenters. The molecule has 1 saturated carbocycles. The second kappa shape index (κ2) is 6.57. The van der Waals surface area contributed by atoms with Gasteiger partial charge in [0.1, 0.15) is 0 Å². The van der Waals surface area contributed by atoms with Crippen molar-refractivity contribution in [2.45, 2.75) is 59.0 Å². The summed E-state index contributed by atoms with van der Waals surface area (Å²) in [6.07, 6.45) is 2.93. The molecule has 5 heteroatoms. The van der Waals surface area contributed by atoms with E-state index in [-0.39, 0.29) is 13.2 Å². The first-order chi connectivity index (χ1) is 9.30. The second-order valence-electron chi connectivity index (χ2n) is 5.95. The molecule has 1 rings (SSSR count). The summed E-state index contributed by atoms with van der Waals surface area (Å²) in [5.41, 5.74) is -1.95. The molecule has 0 radical (unpaired) electrons. The highest BCUT2D eigenvalue weighted by Crippen LogP contribution is 2.48. The molecule has 0 spiro atoms. The summed E-state index contributed by atoms with van der Waals surface area (Å²) in [7, 11) is 0. The van der Waals surface area contributed by atoms with E-state index >= 15 is 0 Å². The lowest BCUT2D eigenvalue weighted by Crippen LogP contribution is -2.58. The van der Waals surface area contributed by atoms with E-state index in [1.54, 1.807) is 13.8 Å². The van der Waals surface area contributed by atoms with Gasteiger partial charge in [0, 0.05) is 0 Å². The van der Waals surface area contributed by atoms with Gasteiger partial charge in [-0.2, -0.15) is 0 Å². The van der Waals surface area contributed by atoms with Crippen molar-refractivity contribution in [3.63, 3.8) is 0 Å². The van der Waals surface area contributed by atoms with Crippen LogP contribution in [0.5, 0.6) is 0 Å². The fourth-order valence-corrected chi connectivity index (χ4v) is 2.99. The Morgan fingerprint density at radius 1 is 1.05 bits per heavy atom. The summed E-state index contributed by atoms with van der Waals surface area (Å²) in [6, 6.07) is 0. The molecule has 20 heavy (non-hydrogen) atoms. The van der Waals surface area contributed by atoms with Gasteiger partial charge in [0.25, 0.3) is 0 Å². The van der Waals surface area contributed by atoms with Crippen molar-refractivity contribution in [3.8, 4) is 0 Å². The third kappa shape index (κ3) is 3.14. The van der Waals surface area contributed by atoms with Crippen LogP contribution in [0.25, 0.3) is 0 Å². The van der Waals surface area contributed by atoms with Crippen LogP contribution in [0.3, 0.4) is 0 Å². The third-order valence-electron chi connectivity index (χ3n) is 4.30. The summed E-state index contributed by atoms with van der Waals surface area (Å²) < 4.78 is 9.97. The van der Waals surface area contributed by atoms with Gasteiger partial charge in [0.2, 0.25) is 0 Å². The van der Waals surface area contributed by atoms with E-state index in [1.807, 2.05) is 13.8 Å². The maximum absolute atomic E-state index is 12.2. The largest absolute Gasteiger partial charge is 0.465 e. The molecule has 1 N–H and O–H groups in total. The third-order valence-corrected chi connectivity index (χ3v) is 4.30. The smallest absolute Gasteiger partial charge is 0.323 e. The molecule has 1 fully saturated rings. The minimum absolute atomic E-state index is 0.172. The molecule has 1 aliphatic carbocycles. The molecule has 0 saturated heterocycles. The average molecular weight is 286 g/mol. The number of carbonyl (C=O) groups excluding carboxylic acids is 2. The van der Waals surface area contributed by atoms with Crippen molar-refractivity contribution < 1.29 is 24.2 Å². The fraction of sp³-hybridized carbons (Fsp3) is 0.867. The molecule has 0 aromatic carbocycles. The van der Waals surface area contributed by atoms with Gasteiger partial charge >= 0.3 is 11.9 Å². The van der Waals surface area contributed by atoms with Crippen LogP contribution < -0.4 is 0 Å². The summed E-state index contributed by atoms with van der Waals surface area (Å²) in [4.78, 5) is 24.3. The predicted octanol–water partition coefficient (Wildman–Crippen LogP) is 2.06. The highest BCUT2D eigenvalue weighted by atomic mass is 16.6.